The van der Waals surface area contributed by atoms with Crippen LogP contribution in [0.25, 0.3) is 11.0 Å². The molecule has 0 aliphatic heterocycles. The largest absolute Gasteiger partial charge is 0.573 e. The first kappa shape index (κ1) is 18.6. The maximum atomic E-state index is 14.0. The van der Waals surface area contributed by atoms with E-state index in [0.29, 0.717) is 0 Å². The van der Waals surface area contributed by atoms with Gasteiger partial charge in [-0.05, 0) is 24.6 Å². The molecule has 3 aromatic rings. The van der Waals surface area contributed by atoms with Crippen LogP contribution in [0.15, 0.2) is 27.8 Å². The summed E-state index contributed by atoms with van der Waals surface area (Å²) in [5, 5.41) is 13.4. The Labute approximate surface area is 147 Å². The quantitative estimate of drug-likeness (QED) is 0.587. The van der Waals surface area contributed by atoms with E-state index in [-0.39, 0.29) is 22.3 Å². The van der Waals surface area contributed by atoms with Gasteiger partial charge in [0, 0.05) is 0 Å². The molecular formula is C15H12F4N4O4. The third-order valence-electron chi connectivity index (χ3n) is 3.85. The number of nitrogens with zero attached hydrogens (tertiary/aromatic N) is 2. The molecule has 27 heavy (non-hydrogen) atoms. The Balaban J connectivity index is 2.09. The van der Waals surface area contributed by atoms with Gasteiger partial charge in [0.05, 0.1) is 12.6 Å². The highest BCUT2D eigenvalue weighted by atomic mass is 19.4. The molecule has 3 rings (SSSR count). The van der Waals surface area contributed by atoms with Gasteiger partial charge in [0.15, 0.2) is 11.6 Å². The van der Waals surface area contributed by atoms with Crippen molar-refractivity contribution in [1.82, 2.24) is 19.7 Å². The maximum absolute atomic E-state index is 14.0. The maximum Gasteiger partial charge on any atom is 0.573 e. The summed E-state index contributed by atoms with van der Waals surface area (Å²) in [5.41, 5.74) is -1.43. The van der Waals surface area contributed by atoms with E-state index in [1.54, 1.807) is 0 Å². The van der Waals surface area contributed by atoms with E-state index in [0.717, 1.165) is 16.8 Å². The number of ether oxygens (including phenoxy) is 1. The highest BCUT2D eigenvalue weighted by Gasteiger charge is 2.32. The highest BCUT2D eigenvalue weighted by Crippen LogP contribution is 2.29. The number of alkyl halides is 3. The molecule has 0 aliphatic rings. The van der Waals surface area contributed by atoms with Gasteiger partial charge in [-0.15, -0.1) is 13.2 Å². The number of H-pyrrole nitrogens is 2. The van der Waals surface area contributed by atoms with E-state index in [1.165, 1.54) is 13.0 Å². The van der Waals surface area contributed by atoms with Gasteiger partial charge in [-0.3, -0.25) is 14.8 Å². The number of benzene rings is 1. The van der Waals surface area contributed by atoms with E-state index >= 15 is 0 Å². The molecule has 144 valence electrons. The zero-order valence-electron chi connectivity index (χ0n) is 13.6. The zero-order chi connectivity index (χ0) is 19.9. The van der Waals surface area contributed by atoms with Gasteiger partial charge in [0.2, 0.25) is 0 Å². The molecule has 1 atom stereocenters. The molecule has 0 radical (unpaired) electrons. The van der Waals surface area contributed by atoms with Gasteiger partial charge < -0.3 is 9.84 Å². The standard InChI is InChI=1S/C15H12F4N4O4/c1-6(7-2-3-10(8(16)4-7)27-15(17,18)19)23-12-11(9(5-24)22-23)13(25)21-14(26)20-12/h2-4,6,24H,5H2,1H3,(H2,20,21,25,26)/t6-/m0/s1. The fourth-order valence-corrected chi connectivity index (χ4v) is 2.66. The summed E-state index contributed by atoms with van der Waals surface area (Å²) in [6.07, 6.45) is -5.04. The Hall–Kier alpha value is -3.15. The number of aliphatic hydroxyl groups excluding tert-OH is 1. The first-order valence-corrected chi connectivity index (χ1v) is 7.50. The summed E-state index contributed by atoms with van der Waals surface area (Å²) in [6, 6.07) is 2.03. The van der Waals surface area contributed by atoms with E-state index in [2.05, 4.69) is 14.8 Å². The fraction of sp³-hybridized carbons (Fsp3) is 0.267. The smallest absolute Gasteiger partial charge is 0.403 e. The lowest BCUT2D eigenvalue weighted by molar-refractivity contribution is -0.275. The van der Waals surface area contributed by atoms with Crippen LogP contribution in [0.4, 0.5) is 17.6 Å². The minimum Gasteiger partial charge on any atom is -0.403 e. The summed E-state index contributed by atoms with van der Waals surface area (Å²) >= 11 is 0. The number of nitrogens with one attached hydrogen (secondary N) is 2. The van der Waals surface area contributed by atoms with Crippen molar-refractivity contribution in [3.05, 3.63) is 56.1 Å². The molecule has 0 spiro atoms. The zero-order valence-corrected chi connectivity index (χ0v) is 13.6. The SMILES string of the molecule is C[C@@H](c1ccc(OC(F)(F)F)c(F)c1)n1nc(CO)c2c(=O)[nH]c(=O)[nH]c21. The molecule has 0 amide bonds. The van der Waals surface area contributed by atoms with Crippen LogP contribution in [0.2, 0.25) is 0 Å². The number of aromatic amines is 2. The summed E-state index contributed by atoms with van der Waals surface area (Å²) in [4.78, 5) is 27.9. The molecule has 0 unspecified atom stereocenters. The molecule has 0 saturated carbocycles. The molecular weight excluding hydrogens is 376 g/mol. The normalized spacial score (nSPS) is 13.1. The molecule has 12 heteroatoms. The number of halogens is 4. The van der Waals surface area contributed by atoms with Crippen molar-refractivity contribution in [2.45, 2.75) is 25.9 Å². The predicted octanol–water partition coefficient (Wildman–Crippen LogP) is 1.55. The van der Waals surface area contributed by atoms with Gasteiger partial charge in [-0.2, -0.15) is 5.10 Å². The van der Waals surface area contributed by atoms with Gasteiger partial charge in [0.25, 0.3) is 5.56 Å². The molecule has 3 N–H and O–H groups in total. The van der Waals surface area contributed by atoms with Crippen LogP contribution in [0.3, 0.4) is 0 Å². The van der Waals surface area contributed by atoms with Crippen LogP contribution in [0, 0.1) is 5.82 Å². The van der Waals surface area contributed by atoms with Crippen molar-refractivity contribution < 1.29 is 27.4 Å². The number of fused-ring (bicyclic) bond motifs is 1. The van der Waals surface area contributed by atoms with Crippen molar-refractivity contribution in [2.24, 2.45) is 0 Å². The lowest BCUT2D eigenvalue weighted by Gasteiger charge is -2.15. The third kappa shape index (κ3) is 3.56. The second-order valence-electron chi connectivity index (χ2n) is 5.59. The second-order valence-corrected chi connectivity index (χ2v) is 5.59. The molecule has 0 bridgehead atoms. The molecule has 1 aromatic carbocycles. The van der Waals surface area contributed by atoms with Crippen LogP contribution in [0.1, 0.15) is 24.2 Å². The third-order valence-corrected chi connectivity index (χ3v) is 3.85. The summed E-state index contributed by atoms with van der Waals surface area (Å²) in [7, 11) is 0. The fourth-order valence-electron chi connectivity index (χ4n) is 2.66. The minimum atomic E-state index is -5.04. The Morgan fingerprint density at radius 1 is 1.30 bits per heavy atom. The van der Waals surface area contributed by atoms with Crippen LogP contribution in [-0.4, -0.2) is 31.2 Å². The van der Waals surface area contributed by atoms with Gasteiger partial charge in [-0.1, -0.05) is 6.07 Å². The van der Waals surface area contributed by atoms with Gasteiger partial charge >= 0.3 is 12.1 Å². The number of hydrogen-bond acceptors (Lipinski definition) is 5. The Morgan fingerprint density at radius 2 is 2.00 bits per heavy atom. The average molecular weight is 388 g/mol. The van der Waals surface area contributed by atoms with Crippen LogP contribution < -0.4 is 16.0 Å². The molecule has 0 fully saturated rings. The van der Waals surface area contributed by atoms with Crippen molar-refractivity contribution >= 4 is 11.0 Å². The Bertz CT molecular complexity index is 1120. The summed E-state index contributed by atoms with van der Waals surface area (Å²) in [6.45, 7) is 0.921. The first-order valence-electron chi connectivity index (χ1n) is 7.50. The van der Waals surface area contributed by atoms with Gasteiger partial charge in [0.1, 0.15) is 16.7 Å². The van der Waals surface area contributed by atoms with Crippen molar-refractivity contribution in [3.8, 4) is 5.75 Å². The lowest BCUT2D eigenvalue weighted by Crippen LogP contribution is -2.23. The van der Waals surface area contributed by atoms with E-state index in [9.17, 15) is 32.3 Å². The lowest BCUT2D eigenvalue weighted by atomic mass is 10.1. The average Bonchev–Trinajstić information content (AvgIpc) is 2.93. The van der Waals surface area contributed by atoms with Crippen molar-refractivity contribution in [2.75, 3.05) is 0 Å². The van der Waals surface area contributed by atoms with E-state index in [1.807, 2.05) is 4.98 Å². The molecule has 0 saturated heterocycles. The number of rotatable bonds is 4. The van der Waals surface area contributed by atoms with Crippen LogP contribution in [-0.2, 0) is 6.61 Å². The van der Waals surface area contributed by atoms with Crippen LogP contribution >= 0.6 is 0 Å². The Kier molecular flexibility index (Phi) is 4.51. The highest BCUT2D eigenvalue weighted by molar-refractivity contribution is 5.77. The molecule has 8 nitrogen and oxygen atoms in total. The molecule has 2 heterocycles. The number of aromatic nitrogens is 4. The van der Waals surface area contributed by atoms with Crippen LogP contribution in [0.5, 0.6) is 5.75 Å². The van der Waals surface area contributed by atoms with Gasteiger partial charge in [-0.25, -0.2) is 13.9 Å². The molecule has 0 aliphatic carbocycles. The minimum absolute atomic E-state index is 0.0173. The monoisotopic (exact) mass is 388 g/mol. The van der Waals surface area contributed by atoms with Crippen molar-refractivity contribution in [1.29, 1.82) is 0 Å². The first-order chi connectivity index (χ1) is 12.6. The number of hydrogen-bond donors (Lipinski definition) is 3. The second kappa shape index (κ2) is 6.54. The predicted molar refractivity (Wildman–Crippen MR) is 83.8 cm³/mol. The van der Waals surface area contributed by atoms with Crippen molar-refractivity contribution in [3.63, 3.8) is 0 Å². The topological polar surface area (TPSA) is 113 Å². The van der Waals surface area contributed by atoms with E-state index in [4.69, 9.17) is 0 Å². The Morgan fingerprint density at radius 3 is 2.59 bits per heavy atom. The van der Waals surface area contributed by atoms with E-state index < -0.39 is 41.8 Å². The molecule has 2 aromatic heterocycles. The number of aliphatic hydroxyl groups is 1. The summed E-state index contributed by atoms with van der Waals surface area (Å²) < 4.78 is 55.4. The summed E-state index contributed by atoms with van der Waals surface area (Å²) in [5.74, 6) is -2.24.